The summed E-state index contributed by atoms with van der Waals surface area (Å²) < 4.78 is 0. The van der Waals surface area contributed by atoms with Crippen LogP contribution in [-0.4, -0.2) is 20.1 Å². The summed E-state index contributed by atoms with van der Waals surface area (Å²) >= 11 is 0. The van der Waals surface area contributed by atoms with Gasteiger partial charge in [0.1, 0.15) is 0 Å². The number of hydrogen-bond acceptors (Lipinski definition) is 2. The second-order valence-corrected chi connectivity index (χ2v) is 6.17. The smallest absolute Gasteiger partial charge is 0.0340 e. The van der Waals surface area contributed by atoms with Crippen molar-refractivity contribution in [3.63, 3.8) is 0 Å². The van der Waals surface area contributed by atoms with Crippen LogP contribution in [0.2, 0.25) is 0 Å². The summed E-state index contributed by atoms with van der Waals surface area (Å²) in [5.41, 5.74) is 3.19. The molecule has 0 amide bonds. The maximum atomic E-state index is 3.62. The van der Waals surface area contributed by atoms with Gasteiger partial charge in [-0.15, -0.1) is 0 Å². The molecule has 106 valence electrons. The van der Waals surface area contributed by atoms with Gasteiger partial charge in [0.05, 0.1) is 0 Å². The molecule has 1 aromatic carbocycles. The van der Waals surface area contributed by atoms with Crippen LogP contribution in [-0.2, 0) is 0 Å². The summed E-state index contributed by atoms with van der Waals surface area (Å²) in [6, 6.07) is 8.99. The van der Waals surface area contributed by atoms with E-state index in [0.717, 1.165) is 13.1 Å². The van der Waals surface area contributed by atoms with Crippen molar-refractivity contribution in [3.8, 4) is 0 Å². The van der Waals surface area contributed by atoms with Gasteiger partial charge in [0.15, 0.2) is 0 Å². The van der Waals surface area contributed by atoms with Crippen molar-refractivity contribution < 1.29 is 0 Å². The summed E-state index contributed by atoms with van der Waals surface area (Å²) in [4.78, 5) is 0. The van der Waals surface area contributed by atoms with Gasteiger partial charge in [-0.2, -0.15) is 0 Å². The lowest BCUT2D eigenvalue weighted by molar-refractivity contribution is 0.151. The number of rotatable bonds is 7. The lowest BCUT2D eigenvalue weighted by Crippen LogP contribution is -2.44. The zero-order chi connectivity index (χ0) is 13.7. The molecule has 2 rings (SSSR count). The topological polar surface area (TPSA) is 24.1 Å². The fourth-order valence-electron chi connectivity index (χ4n) is 2.92. The highest BCUT2D eigenvalue weighted by atomic mass is 14.9. The molecule has 0 saturated heterocycles. The molecule has 1 atom stereocenters. The summed E-state index contributed by atoms with van der Waals surface area (Å²) in [6.07, 6.45) is 5.30. The largest absolute Gasteiger partial charge is 0.384 e. The van der Waals surface area contributed by atoms with Crippen molar-refractivity contribution >= 4 is 5.69 Å². The van der Waals surface area contributed by atoms with Crippen LogP contribution in [0.15, 0.2) is 24.3 Å². The molecule has 2 N–H and O–H groups in total. The Kier molecular flexibility index (Phi) is 4.87. The van der Waals surface area contributed by atoms with Gasteiger partial charge in [0.25, 0.3) is 0 Å². The average molecular weight is 260 g/mol. The minimum absolute atomic E-state index is 0.490. The van der Waals surface area contributed by atoms with Gasteiger partial charge in [0, 0.05) is 24.2 Å². The Morgan fingerprint density at radius 1 is 1.16 bits per heavy atom. The fourth-order valence-corrected chi connectivity index (χ4v) is 2.92. The molecule has 0 bridgehead atoms. The van der Waals surface area contributed by atoms with Gasteiger partial charge in [-0.05, 0) is 49.9 Å². The molecule has 0 aromatic heterocycles. The molecular formula is C17H28N2. The Labute approximate surface area is 118 Å². The van der Waals surface area contributed by atoms with E-state index < -0.39 is 0 Å². The third-order valence-corrected chi connectivity index (χ3v) is 4.73. The van der Waals surface area contributed by atoms with Crippen LogP contribution in [0.1, 0.15) is 51.0 Å². The van der Waals surface area contributed by atoms with Crippen LogP contribution < -0.4 is 10.6 Å². The third-order valence-electron chi connectivity index (χ3n) is 4.73. The predicted molar refractivity (Wildman–Crippen MR) is 83.8 cm³/mol. The second kappa shape index (κ2) is 6.42. The molecule has 0 aliphatic heterocycles. The Balaban J connectivity index is 1.89. The van der Waals surface area contributed by atoms with E-state index in [2.05, 4.69) is 55.8 Å². The van der Waals surface area contributed by atoms with Crippen molar-refractivity contribution in [3.05, 3.63) is 29.8 Å². The number of hydrogen-bond donors (Lipinski definition) is 2. The molecule has 0 spiro atoms. The molecule has 1 unspecified atom stereocenters. The van der Waals surface area contributed by atoms with Gasteiger partial charge in [-0.25, -0.2) is 0 Å². The molecule has 1 saturated carbocycles. The van der Waals surface area contributed by atoms with Crippen molar-refractivity contribution in [1.82, 2.24) is 5.32 Å². The summed E-state index contributed by atoms with van der Waals surface area (Å²) in [5.74, 6) is 0.663. The zero-order valence-electron chi connectivity index (χ0n) is 12.6. The molecular weight excluding hydrogens is 232 g/mol. The molecule has 0 heterocycles. The van der Waals surface area contributed by atoms with Crippen LogP contribution in [0.3, 0.4) is 0 Å². The van der Waals surface area contributed by atoms with Crippen LogP contribution in [0, 0.1) is 5.41 Å². The van der Waals surface area contributed by atoms with E-state index in [1.165, 1.54) is 36.9 Å². The van der Waals surface area contributed by atoms with Gasteiger partial charge in [0.2, 0.25) is 0 Å². The normalized spacial score (nSPS) is 18.7. The van der Waals surface area contributed by atoms with Crippen molar-refractivity contribution in [2.75, 3.05) is 25.5 Å². The van der Waals surface area contributed by atoms with Crippen LogP contribution >= 0.6 is 0 Å². The van der Waals surface area contributed by atoms with Crippen molar-refractivity contribution in [2.24, 2.45) is 5.41 Å². The summed E-state index contributed by atoms with van der Waals surface area (Å²) in [7, 11) is 2.06. The highest BCUT2D eigenvalue weighted by molar-refractivity contribution is 5.45. The molecule has 1 aliphatic carbocycles. The molecule has 1 fully saturated rings. The van der Waals surface area contributed by atoms with E-state index in [1.807, 2.05) is 0 Å². The Bertz CT molecular complexity index is 379. The highest BCUT2D eigenvalue weighted by Gasteiger charge is 2.35. The van der Waals surface area contributed by atoms with E-state index in [0.29, 0.717) is 11.3 Å². The van der Waals surface area contributed by atoms with Crippen LogP contribution in [0.4, 0.5) is 5.69 Å². The SMILES string of the molecule is CCC(C)c1ccc(NCC2(CNC)CCC2)cc1. The van der Waals surface area contributed by atoms with Crippen molar-refractivity contribution in [2.45, 2.75) is 45.4 Å². The van der Waals surface area contributed by atoms with Crippen LogP contribution in [0.25, 0.3) is 0 Å². The van der Waals surface area contributed by atoms with E-state index in [1.54, 1.807) is 0 Å². The molecule has 1 aliphatic rings. The van der Waals surface area contributed by atoms with Gasteiger partial charge in [-0.3, -0.25) is 0 Å². The van der Waals surface area contributed by atoms with E-state index >= 15 is 0 Å². The maximum absolute atomic E-state index is 3.62. The first kappa shape index (κ1) is 14.4. The Morgan fingerprint density at radius 2 is 1.84 bits per heavy atom. The number of nitrogens with one attached hydrogen (secondary N) is 2. The molecule has 19 heavy (non-hydrogen) atoms. The average Bonchev–Trinajstić information content (AvgIpc) is 2.41. The lowest BCUT2D eigenvalue weighted by atomic mass is 9.68. The van der Waals surface area contributed by atoms with E-state index in [4.69, 9.17) is 0 Å². The Morgan fingerprint density at radius 3 is 2.32 bits per heavy atom. The second-order valence-electron chi connectivity index (χ2n) is 6.17. The minimum Gasteiger partial charge on any atom is -0.384 e. The number of benzene rings is 1. The fraction of sp³-hybridized carbons (Fsp3) is 0.647. The standard InChI is InChI=1S/C17H28N2/c1-4-14(2)15-6-8-16(9-7-15)19-13-17(12-18-3)10-5-11-17/h6-9,14,18-19H,4-5,10-13H2,1-3H3. The zero-order valence-corrected chi connectivity index (χ0v) is 12.6. The molecule has 0 radical (unpaired) electrons. The van der Waals surface area contributed by atoms with E-state index in [9.17, 15) is 0 Å². The highest BCUT2D eigenvalue weighted by Crippen LogP contribution is 2.40. The number of anilines is 1. The first-order valence-corrected chi connectivity index (χ1v) is 7.67. The third kappa shape index (κ3) is 3.50. The van der Waals surface area contributed by atoms with E-state index in [-0.39, 0.29) is 0 Å². The monoisotopic (exact) mass is 260 g/mol. The molecule has 2 nitrogen and oxygen atoms in total. The minimum atomic E-state index is 0.490. The van der Waals surface area contributed by atoms with Gasteiger partial charge >= 0.3 is 0 Å². The molecule has 2 heteroatoms. The summed E-state index contributed by atoms with van der Waals surface area (Å²) in [6.45, 7) is 6.76. The lowest BCUT2D eigenvalue weighted by Gasteiger charge is -2.42. The van der Waals surface area contributed by atoms with Gasteiger partial charge in [-0.1, -0.05) is 32.4 Å². The summed E-state index contributed by atoms with van der Waals surface area (Å²) in [5, 5.41) is 6.95. The first-order valence-electron chi connectivity index (χ1n) is 7.67. The van der Waals surface area contributed by atoms with Gasteiger partial charge < -0.3 is 10.6 Å². The predicted octanol–water partition coefficient (Wildman–Crippen LogP) is 4.00. The first-order chi connectivity index (χ1) is 9.19. The van der Waals surface area contributed by atoms with Crippen LogP contribution in [0.5, 0.6) is 0 Å². The van der Waals surface area contributed by atoms with Crippen molar-refractivity contribution in [1.29, 1.82) is 0 Å². The quantitative estimate of drug-likeness (QED) is 0.774. The molecule has 1 aromatic rings. The Hall–Kier alpha value is -1.02. The maximum Gasteiger partial charge on any atom is 0.0340 e.